The van der Waals surface area contributed by atoms with E-state index in [4.69, 9.17) is 9.47 Å². The molecule has 0 radical (unpaired) electrons. The number of hydrogen-bond acceptors (Lipinski definition) is 6. The molecule has 260 valence electrons. The number of ether oxygens (including phenoxy) is 2. The molecule has 6 nitrogen and oxygen atoms in total. The summed E-state index contributed by atoms with van der Waals surface area (Å²) in [7, 11) is 3.05. The number of allylic oxidation sites excluding steroid dienone is 4. The Kier molecular flexibility index (Phi) is 18.6. The highest BCUT2D eigenvalue weighted by Gasteiger charge is 2.24. The van der Waals surface area contributed by atoms with Crippen LogP contribution in [-0.4, -0.2) is 36.0 Å². The molecule has 0 saturated carbocycles. The fourth-order valence-electron chi connectivity index (χ4n) is 6.15. The summed E-state index contributed by atoms with van der Waals surface area (Å²) < 4.78 is 10.9. The second-order valence-electron chi connectivity index (χ2n) is 12.5. The van der Waals surface area contributed by atoms with Gasteiger partial charge >= 0.3 is 0 Å². The van der Waals surface area contributed by atoms with E-state index in [9.17, 15) is 19.8 Å². The first-order chi connectivity index (χ1) is 22.8. The van der Waals surface area contributed by atoms with E-state index >= 15 is 0 Å². The van der Waals surface area contributed by atoms with Gasteiger partial charge in [0.2, 0.25) is 0 Å². The fourth-order valence-corrected chi connectivity index (χ4v) is 6.15. The summed E-state index contributed by atoms with van der Waals surface area (Å²) >= 11 is 0. The Bertz CT molecular complexity index is 1230. The average Bonchev–Trinajstić information content (AvgIpc) is 3.07. The Morgan fingerprint density at radius 3 is 1.19 bits per heavy atom. The molecule has 0 fully saturated rings. The molecule has 0 aliphatic rings. The molecule has 0 heterocycles. The van der Waals surface area contributed by atoms with Gasteiger partial charge in [0.15, 0.2) is 34.6 Å². The monoisotopic (exact) mass is 648 g/mol. The molecule has 0 atom stereocenters. The number of aromatic hydroxyl groups is 2. The second kappa shape index (κ2) is 22.1. The first-order valence-electron chi connectivity index (χ1n) is 18.0. The maximum absolute atomic E-state index is 14.4. The van der Waals surface area contributed by atoms with Crippen LogP contribution in [0.4, 0.5) is 0 Å². The number of phenolic OH excluding ortho intramolecular Hbond substituents is 2. The van der Waals surface area contributed by atoms with Crippen LogP contribution in [-0.2, 0) is 9.59 Å². The molecular weight excluding hydrogens is 588 g/mol. The number of Topliss-reactive ketones (excluding diaryl/α,β-unsaturated/α-hetero) is 2. The Morgan fingerprint density at radius 2 is 0.872 bits per heavy atom. The number of carbonyl (C=O) groups is 2. The minimum atomic E-state index is -0.179. The van der Waals surface area contributed by atoms with Crippen LogP contribution in [0.3, 0.4) is 0 Å². The smallest absolute Gasteiger partial charge is 0.166 e. The number of carbonyl (C=O) groups excluding carboxylic acids is 2. The molecule has 0 aliphatic carbocycles. The van der Waals surface area contributed by atoms with Gasteiger partial charge in [0.25, 0.3) is 0 Å². The van der Waals surface area contributed by atoms with Crippen LogP contribution < -0.4 is 9.47 Å². The Hall–Kier alpha value is -3.54. The molecule has 47 heavy (non-hydrogen) atoms. The number of benzene rings is 2. The first kappa shape index (κ1) is 39.6. The molecule has 6 heteroatoms. The summed E-state index contributed by atoms with van der Waals surface area (Å²) in [5.74, 6) is 0.619. The van der Waals surface area contributed by atoms with Crippen LogP contribution >= 0.6 is 0 Å². The molecular formula is C41H60O6. The SMILES string of the molecule is CCCCC/C(C(=O)CC(=O)/C(CCCCC)=C(\CCCCC)c1ccc(O)c(OC)c1)=C(/CCCCC)c1ccc(O)c(OC)c1. The first-order valence-corrected chi connectivity index (χ1v) is 18.0. The van der Waals surface area contributed by atoms with E-state index < -0.39 is 0 Å². The van der Waals surface area contributed by atoms with Crippen molar-refractivity contribution in [2.75, 3.05) is 14.2 Å². The zero-order chi connectivity index (χ0) is 34.6. The molecule has 0 spiro atoms. The molecule has 0 saturated heterocycles. The highest BCUT2D eigenvalue weighted by Crippen LogP contribution is 2.37. The standard InChI is InChI=1S/C41H60O6/c1-7-11-15-19-32(30-23-25-36(42)40(27-30)46-5)34(21-17-13-9-3)38(44)29-39(45)35(22-18-14-10-4)33(20-16-12-8-2)31-24-26-37(43)41(28-31)47-6/h23-28,42-43H,7-22,29H2,1-6H3/b34-32+,35-33+. The van der Waals surface area contributed by atoms with Crippen LogP contribution in [0.15, 0.2) is 47.5 Å². The van der Waals surface area contributed by atoms with E-state index in [0.717, 1.165) is 123 Å². The Balaban J connectivity index is 2.70. The number of rotatable bonds is 24. The van der Waals surface area contributed by atoms with Crippen molar-refractivity contribution >= 4 is 22.7 Å². The van der Waals surface area contributed by atoms with Gasteiger partial charge in [-0.2, -0.15) is 0 Å². The van der Waals surface area contributed by atoms with Gasteiger partial charge in [0.1, 0.15) is 0 Å². The average molecular weight is 649 g/mol. The summed E-state index contributed by atoms with van der Waals surface area (Å²) in [6.45, 7) is 8.61. The highest BCUT2D eigenvalue weighted by atomic mass is 16.5. The predicted molar refractivity (Wildman–Crippen MR) is 194 cm³/mol. The predicted octanol–water partition coefficient (Wildman–Crippen LogP) is 11.2. The Labute approximate surface area is 284 Å². The maximum Gasteiger partial charge on any atom is 0.166 e. The lowest BCUT2D eigenvalue weighted by Gasteiger charge is -2.19. The van der Waals surface area contributed by atoms with Crippen LogP contribution in [0.5, 0.6) is 23.0 Å². The van der Waals surface area contributed by atoms with Crippen LogP contribution in [0.1, 0.15) is 148 Å². The molecule has 2 rings (SSSR count). The van der Waals surface area contributed by atoms with Gasteiger partial charge in [-0.3, -0.25) is 9.59 Å². The molecule has 0 aliphatic heterocycles. The van der Waals surface area contributed by atoms with Gasteiger partial charge in [-0.15, -0.1) is 0 Å². The fraction of sp³-hybridized carbons (Fsp3) is 0.561. The number of ketones is 2. The molecule has 0 unspecified atom stereocenters. The second-order valence-corrected chi connectivity index (χ2v) is 12.5. The van der Waals surface area contributed by atoms with Gasteiger partial charge < -0.3 is 19.7 Å². The van der Waals surface area contributed by atoms with E-state index in [0.29, 0.717) is 24.3 Å². The van der Waals surface area contributed by atoms with E-state index in [1.165, 1.54) is 14.2 Å². The molecule has 0 amide bonds. The van der Waals surface area contributed by atoms with Crippen molar-refractivity contribution in [3.8, 4) is 23.0 Å². The van der Waals surface area contributed by atoms with Gasteiger partial charge in [-0.25, -0.2) is 0 Å². The zero-order valence-corrected chi connectivity index (χ0v) is 30.0. The third-order valence-corrected chi connectivity index (χ3v) is 8.90. The number of hydrogen-bond donors (Lipinski definition) is 2. The van der Waals surface area contributed by atoms with Crippen LogP contribution in [0.2, 0.25) is 0 Å². The summed E-state index contributed by atoms with van der Waals surface area (Å²) in [5.41, 5.74) is 5.07. The lowest BCUT2D eigenvalue weighted by molar-refractivity contribution is -0.123. The number of phenols is 2. The van der Waals surface area contributed by atoms with Gasteiger partial charge in [0, 0.05) is 0 Å². The lowest BCUT2D eigenvalue weighted by Crippen LogP contribution is -2.16. The maximum atomic E-state index is 14.4. The number of methoxy groups -OCH3 is 2. The zero-order valence-electron chi connectivity index (χ0n) is 30.0. The van der Waals surface area contributed by atoms with E-state index in [1.54, 1.807) is 12.1 Å². The summed E-state index contributed by atoms with van der Waals surface area (Å²) in [5, 5.41) is 20.6. The Morgan fingerprint density at radius 1 is 0.532 bits per heavy atom. The van der Waals surface area contributed by atoms with E-state index in [1.807, 2.05) is 24.3 Å². The van der Waals surface area contributed by atoms with Crippen molar-refractivity contribution in [1.82, 2.24) is 0 Å². The van der Waals surface area contributed by atoms with Crippen molar-refractivity contribution in [3.05, 3.63) is 58.7 Å². The van der Waals surface area contributed by atoms with Crippen LogP contribution in [0, 0.1) is 0 Å². The van der Waals surface area contributed by atoms with Gasteiger partial charge in [-0.1, -0.05) is 91.2 Å². The topological polar surface area (TPSA) is 93.1 Å². The summed E-state index contributed by atoms with van der Waals surface area (Å²) in [4.78, 5) is 28.8. The molecule has 2 aromatic rings. The third kappa shape index (κ3) is 12.5. The minimum absolute atomic E-state index is 0.0570. The van der Waals surface area contributed by atoms with Crippen LogP contribution in [0.25, 0.3) is 11.1 Å². The molecule has 2 aromatic carbocycles. The van der Waals surface area contributed by atoms with E-state index in [2.05, 4.69) is 27.7 Å². The van der Waals surface area contributed by atoms with Crippen molar-refractivity contribution in [1.29, 1.82) is 0 Å². The largest absolute Gasteiger partial charge is 0.504 e. The van der Waals surface area contributed by atoms with Crippen molar-refractivity contribution in [3.63, 3.8) is 0 Å². The van der Waals surface area contributed by atoms with Gasteiger partial charge in [0.05, 0.1) is 20.6 Å². The van der Waals surface area contributed by atoms with Gasteiger partial charge in [-0.05, 0) is 109 Å². The summed E-state index contributed by atoms with van der Waals surface area (Å²) in [6.07, 6.45) is 14.3. The quantitative estimate of drug-likeness (QED) is 0.0668. The summed E-state index contributed by atoms with van der Waals surface area (Å²) in [6, 6.07) is 10.6. The lowest BCUT2D eigenvalue weighted by atomic mass is 9.85. The van der Waals surface area contributed by atoms with Crippen molar-refractivity contribution in [2.24, 2.45) is 0 Å². The van der Waals surface area contributed by atoms with Crippen molar-refractivity contribution < 1.29 is 29.3 Å². The molecule has 0 bridgehead atoms. The third-order valence-electron chi connectivity index (χ3n) is 8.90. The van der Waals surface area contributed by atoms with E-state index in [-0.39, 0.29) is 29.5 Å². The van der Waals surface area contributed by atoms with Crippen molar-refractivity contribution in [2.45, 2.75) is 137 Å². The minimum Gasteiger partial charge on any atom is -0.504 e. The molecule has 0 aromatic heterocycles. The highest BCUT2D eigenvalue weighted by molar-refractivity contribution is 6.17. The number of unbranched alkanes of at least 4 members (excludes halogenated alkanes) is 8. The normalized spacial score (nSPS) is 12.4. The molecule has 2 N–H and O–H groups in total.